The van der Waals surface area contributed by atoms with Gasteiger partial charge in [-0.25, -0.2) is 0 Å². The van der Waals surface area contributed by atoms with Gasteiger partial charge in [0.05, 0.1) is 22.9 Å². The zero-order valence-electron chi connectivity index (χ0n) is 23.1. The highest BCUT2D eigenvalue weighted by Gasteiger charge is 2.49. The monoisotopic (exact) mass is 563 g/mol. The number of carbonyl (C=O) groups excluding carboxylic acids is 1. The summed E-state index contributed by atoms with van der Waals surface area (Å²) in [5.74, 6) is -0.362. The fourth-order valence-electron chi connectivity index (χ4n) is 6.22. The van der Waals surface area contributed by atoms with Crippen LogP contribution in [0, 0.1) is 11.3 Å². The first-order valence-electron chi connectivity index (χ1n) is 14.3. The molecule has 3 saturated heterocycles. The second-order valence-corrected chi connectivity index (χ2v) is 11.9. The summed E-state index contributed by atoms with van der Waals surface area (Å²) in [4.78, 5) is 21.5. The highest BCUT2D eigenvalue weighted by Crippen LogP contribution is 2.38. The Morgan fingerprint density at radius 3 is 2.36 bits per heavy atom. The van der Waals surface area contributed by atoms with Gasteiger partial charge in [0.2, 0.25) is 0 Å². The second kappa shape index (κ2) is 12.5. The van der Waals surface area contributed by atoms with Crippen LogP contribution in [0.1, 0.15) is 82.8 Å². The Balaban J connectivity index is 1.24. The molecule has 0 aliphatic carbocycles. The van der Waals surface area contributed by atoms with Gasteiger partial charge in [0, 0.05) is 19.1 Å². The van der Waals surface area contributed by atoms with Crippen LogP contribution in [-0.2, 0) is 11.0 Å². The van der Waals surface area contributed by atoms with Gasteiger partial charge in [0.25, 0.3) is 5.91 Å². The van der Waals surface area contributed by atoms with Gasteiger partial charge in [-0.2, -0.15) is 18.4 Å². The summed E-state index contributed by atoms with van der Waals surface area (Å²) in [5.41, 5.74) is -2.46. The molecule has 0 radical (unpaired) electrons. The number of carbonyl (C=O) groups is 1. The van der Waals surface area contributed by atoms with Crippen molar-refractivity contribution in [2.75, 3.05) is 44.2 Å². The van der Waals surface area contributed by atoms with E-state index in [4.69, 9.17) is 17.5 Å². The molecule has 3 fully saturated rings. The highest BCUT2D eigenvalue weighted by molar-refractivity contribution is 7.80. The average molecular weight is 564 g/mol. The Morgan fingerprint density at radius 2 is 1.69 bits per heavy atom. The molecule has 4 rings (SSSR count). The Hall–Kier alpha value is -2.22. The topological polar surface area (TPSA) is 53.8 Å². The van der Waals surface area contributed by atoms with Crippen LogP contribution >= 0.6 is 12.2 Å². The number of benzene rings is 1. The molecule has 1 atom stereocenters. The molecule has 39 heavy (non-hydrogen) atoms. The zero-order valence-corrected chi connectivity index (χ0v) is 23.9. The van der Waals surface area contributed by atoms with Crippen LogP contribution in [0.4, 0.5) is 18.9 Å². The maximum Gasteiger partial charge on any atom is 0.417 e. The standard InChI is InChI=1S/C29H40F3N5OS/c1-28(2)26(38)37(23-13-12-22(20-33)25(19-23)29(30,31)32)27(39)36(28)18-7-5-3-4-6-16-35-17-10-11-24(35)21-34-14-8-9-15-34/h12-13,19,24H,3-11,14-18,21H2,1-2H3/t24-/m0/s1. The van der Waals surface area contributed by atoms with Gasteiger partial charge in [-0.3, -0.25) is 14.6 Å². The molecule has 0 aromatic heterocycles. The van der Waals surface area contributed by atoms with Gasteiger partial charge in [-0.15, -0.1) is 0 Å². The van der Waals surface area contributed by atoms with E-state index < -0.39 is 22.8 Å². The smallest absolute Gasteiger partial charge is 0.334 e. The van der Waals surface area contributed by atoms with Crippen molar-refractivity contribution in [1.29, 1.82) is 5.26 Å². The lowest BCUT2D eigenvalue weighted by molar-refractivity contribution is -0.137. The number of rotatable bonds is 11. The fraction of sp³-hybridized carbons (Fsp3) is 0.690. The van der Waals surface area contributed by atoms with Crippen molar-refractivity contribution in [1.82, 2.24) is 14.7 Å². The first-order valence-corrected chi connectivity index (χ1v) is 14.7. The van der Waals surface area contributed by atoms with E-state index >= 15 is 0 Å². The van der Waals surface area contributed by atoms with Gasteiger partial charge < -0.3 is 9.80 Å². The van der Waals surface area contributed by atoms with Crippen molar-refractivity contribution in [3.05, 3.63) is 29.3 Å². The number of amides is 1. The summed E-state index contributed by atoms with van der Waals surface area (Å²) in [6.45, 7) is 10.2. The van der Waals surface area contributed by atoms with Crippen molar-refractivity contribution in [3.63, 3.8) is 0 Å². The third-order valence-corrected chi connectivity index (χ3v) is 8.91. The van der Waals surface area contributed by atoms with Crippen LogP contribution in [0.2, 0.25) is 0 Å². The number of hydrogen-bond donors (Lipinski definition) is 0. The predicted molar refractivity (Wildman–Crippen MR) is 150 cm³/mol. The van der Waals surface area contributed by atoms with Gasteiger partial charge in [0.15, 0.2) is 5.11 Å². The predicted octanol–water partition coefficient (Wildman–Crippen LogP) is 5.80. The van der Waals surface area contributed by atoms with Crippen molar-refractivity contribution in [2.24, 2.45) is 0 Å². The highest BCUT2D eigenvalue weighted by atomic mass is 32.1. The van der Waals surface area contributed by atoms with Gasteiger partial charge in [0.1, 0.15) is 5.54 Å². The Bertz CT molecular complexity index is 1080. The summed E-state index contributed by atoms with van der Waals surface area (Å²) in [6.07, 6.45) is 5.92. The van der Waals surface area contributed by atoms with Crippen LogP contribution in [0.3, 0.4) is 0 Å². The number of anilines is 1. The van der Waals surface area contributed by atoms with Crippen LogP contribution in [0.5, 0.6) is 0 Å². The van der Waals surface area contributed by atoms with Crippen molar-refractivity contribution in [2.45, 2.75) is 89.4 Å². The minimum absolute atomic E-state index is 0.0387. The Morgan fingerprint density at radius 1 is 1.03 bits per heavy atom. The molecule has 1 amide bonds. The molecular weight excluding hydrogens is 523 g/mol. The first-order chi connectivity index (χ1) is 18.5. The van der Waals surface area contributed by atoms with Crippen molar-refractivity contribution < 1.29 is 18.0 Å². The van der Waals surface area contributed by atoms with Gasteiger partial charge in [-0.05, 0) is 109 Å². The molecule has 3 aliphatic rings. The lowest BCUT2D eigenvalue weighted by Gasteiger charge is -2.29. The Kier molecular flexibility index (Phi) is 9.56. The number of thiocarbonyl (C=S) groups is 1. The normalized spacial score (nSPS) is 22.3. The first kappa shape index (κ1) is 29.8. The molecule has 6 nitrogen and oxygen atoms in total. The molecule has 3 aliphatic heterocycles. The molecule has 3 heterocycles. The van der Waals surface area contributed by atoms with E-state index in [-0.39, 0.29) is 16.7 Å². The lowest BCUT2D eigenvalue weighted by Crippen LogP contribution is -2.44. The molecule has 0 bridgehead atoms. The largest absolute Gasteiger partial charge is 0.417 e. The number of hydrogen-bond acceptors (Lipinski definition) is 5. The molecule has 1 aromatic rings. The third-order valence-electron chi connectivity index (χ3n) is 8.50. The van der Waals surface area contributed by atoms with Gasteiger partial charge in [-0.1, -0.05) is 19.3 Å². The molecular formula is C29H40F3N5OS. The maximum atomic E-state index is 13.5. The van der Waals surface area contributed by atoms with Crippen LogP contribution in [-0.4, -0.2) is 76.6 Å². The summed E-state index contributed by atoms with van der Waals surface area (Å²) >= 11 is 5.59. The van der Waals surface area contributed by atoms with E-state index in [1.54, 1.807) is 19.9 Å². The number of nitrogens with zero attached hydrogens (tertiary/aromatic N) is 5. The minimum Gasteiger partial charge on any atom is -0.334 e. The minimum atomic E-state index is -4.70. The summed E-state index contributed by atoms with van der Waals surface area (Å²) in [6, 6.07) is 5.59. The molecule has 1 aromatic carbocycles. The van der Waals surface area contributed by atoms with Crippen LogP contribution in [0.15, 0.2) is 18.2 Å². The molecule has 0 N–H and O–H groups in total. The SMILES string of the molecule is CC1(C)C(=O)N(c2ccc(C#N)c(C(F)(F)F)c2)C(=S)N1CCCCCCCN1CCC[C@H]1CN1CCCC1. The van der Waals surface area contributed by atoms with E-state index in [9.17, 15) is 18.0 Å². The van der Waals surface area contributed by atoms with Crippen LogP contribution in [0.25, 0.3) is 0 Å². The van der Waals surface area contributed by atoms with Crippen molar-refractivity contribution in [3.8, 4) is 6.07 Å². The lowest BCUT2D eigenvalue weighted by atomic mass is 10.0. The summed E-state index contributed by atoms with van der Waals surface area (Å²) in [7, 11) is 0. The summed E-state index contributed by atoms with van der Waals surface area (Å²) in [5, 5.41) is 9.30. The number of alkyl halides is 3. The van der Waals surface area contributed by atoms with Gasteiger partial charge >= 0.3 is 6.18 Å². The molecule has 10 heteroatoms. The molecule has 214 valence electrons. The van der Waals surface area contributed by atoms with Crippen molar-refractivity contribution >= 4 is 28.9 Å². The van der Waals surface area contributed by atoms with E-state index in [0.717, 1.165) is 44.4 Å². The van der Waals surface area contributed by atoms with E-state index in [1.807, 2.05) is 4.90 Å². The van der Waals surface area contributed by atoms with E-state index in [2.05, 4.69) is 9.80 Å². The number of likely N-dealkylation sites (tertiary alicyclic amines) is 2. The van der Waals surface area contributed by atoms with E-state index in [1.165, 1.54) is 69.2 Å². The quantitative estimate of drug-likeness (QED) is 0.251. The number of unbranched alkanes of at least 4 members (excludes halogenated alkanes) is 4. The fourth-order valence-corrected chi connectivity index (χ4v) is 6.72. The summed E-state index contributed by atoms with van der Waals surface area (Å²) < 4.78 is 40.5. The molecule has 0 saturated carbocycles. The van der Waals surface area contributed by atoms with E-state index in [0.29, 0.717) is 12.6 Å². The number of halogens is 3. The molecule has 0 spiro atoms. The second-order valence-electron chi connectivity index (χ2n) is 11.6. The third kappa shape index (κ3) is 6.75. The molecule has 0 unspecified atom stereocenters. The maximum absolute atomic E-state index is 13.5. The average Bonchev–Trinajstić information content (AvgIpc) is 3.60. The number of nitriles is 1. The van der Waals surface area contributed by atoms with Crippen LogP contribution < -0.4 is 4.90 Å². The zero-order chi connectivity index (χ0) is 28.2. The Labute approximate surface area is 235 Å².